The Balaban J connectivity index is 1.48. The summed E-state index contributed by atoms with van der Waals surface area (Å²) >= 11 is 0. The lowest BCUT2D eigenvalue weighted by molar-refractivity contribution is 0.198. The number of para-hydroxylation sites is 2. The number of likely N-dealkylation sites (N-methyl/N-ethyl adjacent to an activating group) is 1. The van der Waals surface area contributed by atoms with Crippen LogP contribution in [0.25, 0.3) is 0 Å². The molecular formula is C22H30N2O. The molecule has 1 fully saturated rings. The molecule has 2 aromatic carbocycles. The number of nitrogens with zero attached hydrogens (tertiary/aromatic N) is 1. The Morgan fingerprint density at radius 3 is 2.48 bits per heavy atom. The average Bonchev–Trinajstić information content (AvgIpc) is 2.68. The molecule has 0 saturated heterocycles. The van der Waals surface area contributed by atoms with E-state index in [1.807, 2.05) is 30.3 Å². The first-order valence-electron chi connectivity index (χ1n) is 9.53. The van der Waals surface area contributed by atoms with Crippen LogP contribution in [-0.2, 0) is 6.61 Å². The van der Waals surface area contributed by atoms with Gasteiger partial charge in [0.1, 0.15) is 12.4 Å². The molecule has 0 heterocycles. The molecule has 1 aliphatic rings. The fraction of sp³-hybridized carbons (Fsp3) is 0.455. The van der Waals surface area contributed by atoms with Gasteiger partial charge in [-0.2, -0.15) is 0 Å². The van der Waals surface area contributed by atoms with Crippen LogP contribution in [0, 0.1) is 0 Å². The minimum atomic E-state index is 0.599. The van der Waals surface area contributed by atoms with E-state index in [1.54, 1.807) is 0 Å². The molecule has 25 heavy (non-hydrogen) atoms. The molecule has 0 unspecified atom stereocenters. The summed E-state index contributed by atoms with van der Waals surface area (Å²) in [4.78, 5) is 2.51. The molecule has 3 nitrogen and oxygen atoms in total. The third-order valence-electron chi connectivity index (χ3n) is 5.10. The molecule has 0 aromatic heterocycles. The zero-order valence-corrected chi connectivity index (χ0v) is 15.3. The van der Waals surface area contributed by atoms with E-state index >= 15 is 0 Å². The molecule has 1 saturated carbocycles. The van der Waals surface area contributed by atoms with Gasteiger partial charge in [0.25, 0.3) is 0 Å². The van der Waals surface area contributed by atoms with Crippen LogP contribution in [-0.4, -0.2) is 31.1 Å². The summed E-state index contributed by atoms with van der Waals surface area (Å²) in [6, 6.07) is 19.3. The van der Waals surface area contributed by atoms with E-state index in [4.69, 9.17) is 4.74 Å². The Morgan fingerprint density at radius 2 is 1.68 bits per heavy atom. The summed E-state index contributed by atoms with van der Waals surface area (Å²) in [5.74, 6) is 0.923. The van der Waals surface area contributed by atoms with E-state index in [0.29, 0.717) is 6.61 Å². The quantitative estimate of drug-likeness (QED) is 0.737. The second-order valence-corrected chi connectivity index (χ2v) is 6.97. The second-order valence-electron chi connectivity index (χ2n) is 6.97. The summed E-state index contributed by atoms with van der Waals surface area (Å²) in [6.07, 6.45) is 6.90. The van der Waals surface area contributed by atoms with Crippen LogP contribution in [0.4, 0.5) is 5.69 Å². The van der Waals surface area contributed by atoms with Crippen LogP contribution < -0.4 is 10.1 Å². The van der Waals surface area contributed by atoms with Crippen LogP contribution in [0.1, 0.15) is 37.7 Å². The first kappa shape index (κ1) is 17.8. The van der Waals surface area contributed by atoms with E-state index in [0.717, 1.165) is 30.6 Å². The van der Waals surface area contributed by atoms with Gasteiger partial charge >= 0.3 is 0 Å². The van der Waals surface area contributed by atoms with Gasteiger partial charge in [-0.3, -0.25) is 0 Å². The highest BCUT2D eigenvalue weighted by Crippen LogP contribution is 2.25. The normalized spacial score (nSPS) is 15.3. The number of anilines is 1. The minimum Gasteiger partial charge on any atom is -0.487 e. The number of hydrogen-bond donors (Lipinski definition) is 1. The zero-order chi connectivity index (χ0) is 17.3. The lowest BCUT2D eigenvalue weighted by Gasteiger charge is -2.31. The fourth-order valence-corrected chi connectivity index (χ4v) is 3.55. The van der Waals surface area contributed by atoms with Gasteiger partial charge in [-0.1, -0.05) is 61.7 Å². The van der Waals surface area contributed by atoms with Gasteiger partial charge in [-0.15, -0.1) is 0 Å². The van der Waals surface area contributed by atoms with Crippen molar-refractivity contribution >= 4 is 5.69 Å². The largest absolute Gasteiger partial charge is 0.487 e. The predicted octanol–water partition coefficient (Wildman–Crippen LogP) is 4.94. The molecule has 0 aliphatic heterocycles. The van der Waals surface area contributed by atoms with Gasteiger partial charge < -0.3 is 15.0 Å². The minimum absolute atomic E-state index is 0.599. The summed E-state index contributed by atoms with van der Waals surface area (Å²) in [5, 5.41) is 3.55. The van der Waals surface area contributed by atoms with Crippen LogP contribution in [0.3, 0.4) is 0 Å². The Labute approximate surface area is 152 Å². The third-order valence-corrected chi connectivity index (χ3v) is 5.10. The van der Waals surface area contributed by atoms with E-state index in [2.05, 4.69) is 41.5 Å². The lowest BCUT2D eigenvalue weighted by Crippen LogP contribution is -2.36. The predicted molar refractivity (Wildman–Crippen MR) is 105 cm³/mol. The lowest BCUT2D eigenvalue weighted by atomic mass is 9.94. The maximum absolute atomic E-state index is 6.02. The van der Waals surface area contributed by atoms with E-state index in [-0.39, 0.29) is 0 Å². The monoisotopic (exact) mass is 338 g/mol. The Morgan fingerprint density at radius 1 is 0.960 bits per heavy atom. The van der Waals surface area contributed by atoms with Crippen molar-refractivity contribution in [2.45, 2.75) is 44.8 Å². The van der Waals surface area contributed by atoms with Crippen LogP contribution in [0.5, 0.6) is 5.75 Å². The van der Waals surface area contributed by atoms with Crippen molar-refractivity contribution in [3.05, 3.63) is 60.2 Å². The highest BCUT2D eigenvalue weighted by molar-refractivity contribution is 5.56. The van der Waals surface area contributed by atoms with Crippen molar-refractivity contribution in [1.29, 1.82) is 0 Å². The van der Waals surface area contributed by atoms with Crippen molar-refractivity contribution < 1.29 is 4.74 Å². The molecule has 2 aromatic rings. The molecule has 1 N–H and O–H groups in total. The summed E-state index contributed by atoms with van der Waals surface area (Å²) in [5.41, 5.74) is 2.27. The molecule has 0 bridgehead atoms. The third kappa shape index (κ3) is 5.50. The zero-order valence-electron chi connectivity index (χ0n) is 15.3. The molecule has 3 rings (SSSR count). The Bertz CT molecular complexity index is 623. The maximum atomic E-state index is 6.02. The summed E-state index contributed by atoms with van der Waals surface area (Å²) in [7, 11) is 2.26. The van der Waals surface area contributed by atoms with Crippen molar-refractivity contribution in [1.82, 2.24) is 4.90 Å². The molecule has 0 spiro atoms. The number of rotatable bonds is 8. The van der Waals surface area contributed by atoms with Gasteiger partial charge in [0.2, 0.25) is 0 Å². The average molecular weight is 338 g/mol. The first-order chi connectivity index (χ1) is 12.3. The molecule has 134 valence electrons. The van der Waals surface area contributed by atoms with Gasteiger partial charge in [-0.05, 0) is 37.6 Å². The van der Waals surface area contributed by atoms with E-state index < -0.39 is 0 Å². The smallest absolute Gasteiger partial charge is 0.142 e. The number of hydrogen-bond acceptors (Lipinski definition) is 3. The van der Waals surface area contributed by atoms with Crippen molar-refractivity contribution in [3.63, 3.8) is 0 Å². The van der Waals surface area contributed by atoms with Crippen LogP contribution in [0.2, 0.25) is 0 Å². The van der Waals surface area contributed by atoms with Gasteiger partial charge in [0, 0.05) is 19.1 Å². The fourth-order valence-electron chi connectivity index (χ4n) is 3.55. The SMILES string of the molecule is CN(CCNc1ccccc1OCc1ccccc1)C1CCCCC1. The number of nitrogens with one attached hydrogen (secondary N) is 1. The second kappa shape index (κ2) is 9.47. The topological polar surface area (TPSA) is 24.5 Å². The summed E-state index contributed by atoms with van der Waals surface area (Å²) < 4.78 is 6.02. The molecular weight excluding hydrogens is 308 g/mol. The molecule has 0 amide bonds. The molecule has 0 atom stereocenters. The highest BCUT2D eigenvalue weighted by atomic mass is 16.5. The van der Waals surface area contributed by atoms with E-state index in [9.17, 15) is 0 Å². The van der Waals surface area contributed by atoms with Crippen molar-refractivity contribution in [3.8, 4) is 5.75 Å². The standard InChI is InChI=1S/C22H30N2O/c1-24(20-12-6-3-7-13-20)17-16-23-21-14-8-9-15-22(21)25-18-19-10-4-2-5-11-19/h2,4-5,8-11,14-15,20,23H,3,6-7,12-13,16-18H2,1H3. The number of benzene rings is 2. The van der Waals surface area contributed by atoms with Crippen molar-refractivity contribution in [2.24, 2.45) is 0 Å². The Kier molecular flexibility index (Phi) is 6.75. The van der Waals surface area contributed by atoms with E-state index in [1.165, 1.54) is 37.7 Å². The van der Waals surface area contributed by atoms with Gasteiger partial charge in [0.15, 0.2) is 0 Å². The number of ether oxygens (including phenoxy) is 1. The summed E-state index contributed by atoms with van der Waals surface area (Å²) in [6.45, 7) is 2.61. The molecule has 1 aliphatic carbocycles. The van der Waals surface area contributed by atoms with Gasteiger partial charge in [0.05, 0.1) is 5.69 Å². The molecule has 3 heteroatoms. The van der Waals surface area contributed by atoms with Gasteiger partial charge in [-0.25, -0.2) is 0 Å². The van der Waals surface area contributed by atoms with Crippen LogP contribution in [0.15, 0.2) is 54.6 Å². The molecule has 0 radical (unpaired) electrons. The van der Waals surface area contributed by atoms with Crippen molar-refractivity contribution in [2.75, 3.05) is 25.5 Å². The maximum Gasteiger partial charge on any atom is 0.142 e. The van der Waals surface area contributed by atoms with Crippen LogP contribution >= 0.6 is 0 Å². The highest BCUT2D eigenvalue weighted by Gasteiger charge is 2.17. The Hall–Kier alpha value is -2.00. The first-order valence-corrected chi connectivity index (χ1v) is 9.53.